The minimum atomic E-state index is -3.61. The number of carbonyl (C=O) groups is 1. The van der Waals surface area contributed by atoms with Gasteiger partial charge in [-0.05, 0) is 53.9 Å². The number of ether oxygens (including phenoxy) is 1. The van der Waals surface area contributed by atoms with Gasteiger partial charge in [-0.2, -0.15) is 5.26 Å². The van der Waals surface area contributed by atoms with Crippen LogP contribution in [0.1, 0.15) is 16.7 Å². The molecule has 0 aliphatic rings. The van der Waals surface area contributed by atoms with Gasteiger partial charge in [0.15, 0.2) is 16.4 Å². The van der Waals surface area contributed by atoms with Crippen LogP contribution in [-0.4, -0.2) is 26.1 Å². The topological polar surface area (TPSA) is 104 Å². The maximum atomic E-state index is 13.0. The second kappa shape index (κ2) is 8.80. The molecule has 0 atom stereocenters. The first-order chi connectivity index (χ1) is 14.3. The zero-order valence-electron chi connectivity index (χ0n) is 16.2. The Bertz CT molecular complexity index is 1230. The van der Waals surface area contributed by atoms with E-state index in [-0.39, 0.29) is 16.4 Å². The van der Waals surface area contributed by atoms with Crippen LogP contribution in [0.25, 0.3) is 11.1 Å². The van der Waals surface area contributed by atoms with Crippen molar-refractivity contribution >= 4 is 15.8 Å². The number of nitrogens with zero attached hydrogens (tertiary/aromatic N) is 1. The normalized spacial score (nSPS) is 10.9. The van der Waals surface area contributed by atoms with Gasteiger partial charge in [0.05, 0.1) is 22.3 Å². The van der Waals surface area contributed by atoms with Gasteiger partial charge in [-0.25, -0.2) is 13.2 Å². The van der Waals surface area contributed by atoms with Crippen LogP contribution in [0.15, 0.2) is 71.6 Å². The molecule has 0 unspecified atom stereocenters. The Morgan fingerprint density at radius 3 is 2.43 bits per heavy atom. The van der Waals surface area contributed by atoms with Crippen molar-refractivity contribution in [2.24, 2.45) is 0 Å². The number of aryl methyl sites for hydroxylation is 1. The summed E-state index contributed by atoms with van der Waals surface area (Å²) in [6.45, 7) is 1.26. The zero-order valence-corrected chi connectivity index (χ0v) is 17.0. The molecule has 0 aromatic heterocycles. The van der Waals surface area contributed by atoms with Crippen molar-refractivity contribution in [3.63, 3.8) is 0 Å². The van der Waals surface area contributed by atoms with Crippen LogP contribution < -0.4 is 4.74 Å². The van der Waals surface area contributed by atoms with E-state index >= 15 is 0 Å². The van der Waals surface area contributed by atoms with Crippen LogP contribution in [-0.2, 0) is 20.4 Å². The van der Waals surface area contributed by atoms with Crippen molar-refractivity contribution in [1.82, 2.24) is 0 Å². The van der Waals surface area contributed by atoms with Gasteiger partial charge in [0.25, 0.3) is 0 Å². The highest BCUT2D eigenvalue weighted by atomic mass is 32.2. The van der Waals surface area contributed by atoms with Crippen LogP contribution >= 0.6 is 0 Å². The first-order valence-corrected chi connectivity index (χ1v) is 10.7. The molecule has 0 heterocycles. The molecule has 0 fully saturated rings. The van der Waals surface area contributed by atoms with E-state index in [1.54, 1.807) is 42.5 Å². The number of nitriles is 1. The predicted octanol–water partition coefficient (Wildman–Crippen LogP) is 3.97. The third kappa shape index (κ3) is 4.85. The summed E-state index contributed by atoms with van der Waals surface area (Å²) in [6.07, 6.45) is 0. The summed E-state index contributed by atoms with van der Waals surface area (Å²) in [5.74, 6) is -1.02. The number of sulfone groups is 1. The molecular formula is C23H19NO5S. The summed E-state index contributed by atoms with van der Waals surface area (Å²) >= 11 is 0. The summed E-state index contributed by atoms with van der Waals surface area (Å²) in [5, 5.41) is 18.2. The van der Waals surface area contributed by atoms with Gasteiger partial charge in [-0.1, -0.05) is 36.4 Å². The largest absolute Gasteiger partial charge is 0.481 e. The van der Waals surface area contributed by atoms with Gasteiger partial charge in [-0.3, -0.25) is 0 Å². The molecule has 7 heteroatoms. The minimum absolute atomic E-state index is 0.137. The van der Waals surface area contributed by atoms with E-state index in [0.717, 1.165) is 5.56 Å². The molecule has 3 aromatic carbocycles. The van der Waals surface area contributed by atoms with Crippen LogP contribution in [0.5, 0.6) is 5.75 Å². The molecule has 0 spiro atoms. The van der Waals surface area contributed by atoms with Crippen LogP contribution in [0.2, 0.25) is 0 Å². The summed E-state index contributed by atoms with van der Waals surface area (Å²) in [7, 11) is -3.61. The van der Waals surface area contributed by atoms with E-state index in [4.69, 9.17) is 9.84 Å². The van der Waals surface area contributed by atoms with Crippen LogP contribution in [0, 0.1) is 18.3 Å². The second-order valence-corrected chi connectivity index (χ2v) is 8.72. The molecule has 6 nitrogen and oxygen atoms in total. The molecule has 0 saturated heterocycles. The van der Waals surface area contributed by atoms with Crippen molar-refractivity contribution in [3.05, 3.63) is 83.4 Å². The fourth-order valence-corrected chi connectivity index (χ4v) is 4.41. The average molecular weight is 421 g/mol. The first-order valence-electron chi connectivity index (χ1n) is 9.06. The molecule has 0 radical (unpaired) electrons. The van der Waals surface area contributed by atoms with E-state index in [1.807, 2.05) is 19.1 Å². The number of hydrogen-bond acceptors (Lipinski definition) is 5. The Labute approximate surface area is 174 Å². The first kappa shape index (κ1) is 21.1. The predicted molar refractivity (Wildman–Crippen MR) is 112 cm³/mol. The van der Waals surface area contributed by atoms with Crippen molar-refractivity contribution in [3.8, 4) is 22.9 Å². The minimum Gasteiger partial charge on any atom is -0.481 e. The standard InChI is InChI=1S/C23H19NO5S/c1-16-7-9-19(30(27,28)15-17-5-3-2-4-6-17)12-20(16)21-11-18(13-24)8-10-22(21)29-14-23(25)26/h2-12H,14-15H2,1H3,(H,25,26). The smallest absolute Gasteiger partial charge is 0.341 e. The van der Waals surface area contributed by atoms with Gasteiger partial charge in [0.1, 0.15) is 5.75 Å². The number of aliphatic carboxylic acids is 1. The lowest BCUT2D eigenvalue weighted by atomic mass is 9.98. The number of carboxylic acid groups (broad SMARTS) is 1. The van der Waals surface area contributed by atoms with Crippen molar-refractivity contribution < 1.29 is 23.1 Å². The molecule has 3 rings (SSSR count). The summed E-state index contributed by atoms with van der Waals surface area (Å²) in [4.78, 5) is 11.1. The lowest BCUT2D eigenvalue weighted by molar-refractivity contribution is -0.139. The average Bonchev–Trinajstić information content (AvgIpc) is 2.72. The van der Waals surface area contributed by atoms with Crippen molar-refractivity contribution in [1.29, 1.82) is 5.26 Å². The lowest BCUT2D eigenvalue weighted by Crippen LogP contribution is -2.10. The van der Waals surface area contributed by atoms with Gasteiger partial charge < -0.3 is 9.84 Å². The third-order valence-electron chi connectivity index (χ3n) is 4.52. The Hall–Kier alpha value is -3.63. The van der Waals surface area contributed by atoms with Gasteiger partial charge >= 0.3 is 5.97 Å². The van der Waals surface area contributed by atoms with E-state index < -0.39 is 22.4 Å². The molecular weight excluding hydrogens is 402 g/mol. The maximum Gasteiger partial charge on any atom is 0.341 e. The molecule has 152 valence electrons. The molecule has 0 aliphatic heterocycles. The molecule has 3 aromatic rings. The molecule has 0 amide bonds. The quantitative estimate of drug-likeness (QED) is 0.619. The van der Waals surface area contributed by atoms with Gasteiger partial charge in [0, 0.05) is 5.56 Å². The molecule has 0 saturated carbocycles. The number of rotatable bonds is 7. The lowest BCUT2D eigenvalue weighted by Gasteiger charge is -2.14. The Morgan fingerprint density at radius 1 is 1.03 bits per heavy atom. The Kier molecular flexibility index (Phi) is 6.19. The Morgan fingerprint density at radius 2 is 1.77 bits per heavy atom. The summed E-state index contributed by atoms with van der Waals surface area (Å²) in [6, 6.07) is 20.3. The van der Waals surface area contributed by atoms with Crippen molar-refractivity contribution in [2.75, 3.05) is 6.61 Å². The van der Waals surface area contributed by atoms with Crippen LogP contribution in [0.4, 0.5) is 0 Å². The number of hydrogen-bond donors (Lipinski definition) is 1. The molecule has 30 heavy (non-hydrogen) atoms. The second-order valence-electron chi connectivity index (χ2n) is 6.73. The van der Waals surface area contributed by atoms with Gasteiger partial charge in [0.2, 0.25) is 0 Å². The monoisotopic (exact) mass is 421 g/mol. The fourth-order valence-electron chi connectivity index (χ4n) is 3.04. The number of benzene rings is 3. The highest BCUT2D eigenvalue weighted by Gasteiger charge is 2.19. The van der Waals surface area contributed by atoms with E-state index in [0.29, 0.717) is 22.3 Å². The Balaban J connectivity index is 2.07. The van der Waals surface area contributed by atoms with E-state index in [2.05, 4.69) is 0 Å². The van der Waals surface area contributed by atoms with E-state index in [1.165, 1.54) is 18.2 Å². The third-order valence-corrected chi connectivity index (χ3v) is 6.20. The fraction of sp³-hybridized carbons (Fsp3) is 0.130. The molecule has 0 bridgehead atoms. The SMILES string of the molecule is Cc1ccc(S(=O)(=O)Cc2ccccc2)cc1-c1cc(C#N)ccc1OCC(=O)O. The van der Waals surface area contributed by atoms with E-state index in [9.17, 15) is 18.5 Å². The van der Waals surface area contributed by atoms with Gasteiger partial charge in [-0.15, -0.1) is 0 Å². The van der Waals surface area contributed by atoms with Crippen molar-refractivity contribution in [2.45, 2.75) is 17.6 Å². The van der Waals surface area contributed by atoms with Crippen LogP contribution in [0.3, 0.4) is 0 Å². The molecule has 1 N–H and O–H groups in total. The number of carboxylic acids is 1. The summed E-state index contributed by atoms with van der Waals surface area (Å²) in [5.41, 5.74) is 2.82. The maximum absolute atomic E-state index is 13.0. The summed E-state index contributed by atoms with van der Waals surface area (Å²) < 4.78 is 31.3. The highest BCUT2D eigenvalue weighted by molar-refractivity contribution is 7.90. The molecule has 0 aliphatic carbocycles. The highest BCUT2D eigenvalue weighted by Crippen LogP contribution is 2.35. The zero-order chi connectivity index (χ0) is 21.7.